The van der Waals surface area contributed by atoms with Gasteiger partial charge in [0, 0.05) is 32.8 Å². The van der Waals surface area contributed by atoms with Gasteiger partial charge in [-0.3, -0.25) is 0 Å². The van der Waals surface area contributed by atoms with E-state index >= 15 is 0 Å². The van der Waals surface area contributed by atoms with Gasteiger partial charge in [-0.15, -0.1) is 0 Å². The molecule has 0 bridgehead atoms. The Balaban J connectivity index is 1.35. The first kappa shape index (κ1) is 26.1. The van der Waals surface area contributed by atoms with Gasteiger partial charge in [0.1, 0.15) is 0 Å². The van der Waals surface area contributed by atoms with E-state index in [0.29, 0.717) is 5.56 Å². The van der Waals surface area contributed by atoms with E-state index in [1.807, 2.05) is 18.2 Å². The van der Waals surface area contributed by atoms with Gasteiger partial charge in [0.25, 0.3) is 0 Å². The molecule has 0 aliphatic rings. The van der Waals surface area contributed by atoms with Gasteiger partial charge >= 0.3 is 0 Å². The first-order valence-corrected chi connectivity index (χ1v) is 15.5. The molecule has 0 atom stereocenters. The number of aromatic nitrogens is 2. The summed E-state index contributed by atoms with van der Waals surface area (Å²) in [6.45, 7) is 0. The number of hydrogen-bond acceptors (Lipinski definition) is 1. The second-order valence-electron chi connectivity index (χ2n) is 11.7. The third-order valence-electron chi connectivity index (χ3n) is 9.15. The molecule has 0 saturated heterocycles. The molecule has 2 aromatic heterocycles. The maximum absolute atomic E-state index is 9.92. The highest BCUT2D eigenvalue weighted by molar-refractivity contribution is 6.17. The molecule has 9 rings (SSSR count). The number of nitriles is 1. The molecule has 0 aliphatic heterocycles. The van der Waals surface area contributed by atoms with Crippen molar-refractivity contribution in [3.8, 4) is 39.7 Å². The van der Waals surface area contributed by atoms with Crippen LogP contribution in [-0.2, 0) is 0 Å². The molecule has 9 aromatic rings. The fourth-order valence-corrected chi connectivity index (χ4v) is 7.16. The van der Waals surface area contributed by atoms with Crippen LogP contribution in [0, 0.1) is 11.3 Å². The third-order valence-corrected chi connectivity index (χ3v) is 9.15. The molecule has 0 fully saturated rings. The van der Waals surface area contributed by atoms with E-state index < -0.39 is 0 Å². The average molecular weight is 586 g/mol. The number of rotatable bonds is 4. The van der Waals surface area contributed by atoms with Crippen LogP contribution in [0.4, 0.5) is 0 Å². The zero-order chi connectivity index (χ0) is 30.6. The van der Waals surface area contributed by atoms with Crippen LogP contribution in [0.1, 0.15) is 5.56 Å². The normalized spacial score (nSPS) is 11.5. The molecule has 0 radical (unpaired) electrons. The Labute approximate surface area is 266 Å². The van der Waals surface area contributed by atoms with E-state index in [2.05, 4.69) is 161 Å². The van der Waals surface area contributed by atoms with Crippen LogP contribution in [0.2, 0.25) is 0 Å². The number of fused-ring (bicyclic) bond motifs is 6. The van der Waals surface area contributed by atoms with Crippen molar-refractivity contribution < 1.29 is 0 Å². The Morgan fingerprint density at radius 3 is 1.85 bits per heavy atom. The van der Waals surface area contributed by atoms with Crippen LogP contribution in [0.3, 0.4) is 0 Å². The Kier molecular flexibility index (Phi) is 5.88. The molecule has 7 aromatic carbocycles. The second kappa shape index (κ2) is 10.4. The van der Waals surface area contributed by atoms with Crippen LogP contribution in [0.5, 0.6) is 0 Å². The van der Waals surface area contributed by atoms with Gasteiger partial charge in [-0.05, 0) is 65.2 Å². The van der Waals surface area contributed by atoms with Gasteiger partial charge in [-0.25, -0.2) is 0 Å². The van der Waals surface area contributed by atoms with Gasteiger partial charge in [0.05, 0.1) is 39.4 Å². The molecule has 3 heteroatoms. The topological polar surface area (TPSA) is 33.6 Å². The molecular weight excluding hydrogens is 558 g/mol. The van der Waals surface area contributed by atoms with Crippen molar-refractivity contribution in [2.75, 3.05) is 0 Å². The summed E-state index contributed by atoms with van der Waals surface area (Å²) in [6.07, 6.45) is 0. The molecule has 0 spiro atoms. The fraction of sp³-hybridized carbons (Fsp3) is 0. The lowest BCUT2D eigenvalue weighted by molar-refractivity contribution is 1.18. The third kappa shape index (κ3) is 3.91. The summed E-state index contributed by atoms with van der Waals surface area (Å²) in [6, 6.07) is 60.1. The van der Waals surface area contributed by atoms with Crippen LogP contribution in [-0.4, -0.2) is 9.13 Å². The van der Waals surface area contributed by atoms with Crippen LogP contribution < -0.4 is 0 Å². The molecule has 3 nitrogen and oxygen atoms in total. The van der Waals surface area contributed by atoms with Crippen molar-refractivity contribution in [3.63, 3.8) is 0 Å². The summed E-state index contributed by atoms with van der Waals surface area (Å²) in [4.78, 5) is 0. The van der Waals surface area contributed by atoms with E-state index in [-0.39, 0.29) is 0 Å². The van der Waals surface area contributed by atoms with Crippen molar-refractivity contribution in [1.29, 1.82) is 5.26 Å². The first-order valence-electron chi connectivity index (χ1n) is 15.5. The van der Waals surface area contributed by atoms with Gasteiger partial charge in [0.15, 0.2) is 0 Å². The largest absolute Gasteiger partial charge is 0.309 e. The highest BCUT2D eigenvalue weighted by Crippen LogP contribution is 2.42. The van der Waals surface area contributed by atoms with Gasteiger partial charge < -0.3 is 9.13 Å². The SMILES string of the molecule is N#Cc1ccc(-c2ccccc2)c(-n2c3ccccc3c3c(-c4ccc5c6ccccc6n(-c6ccccc6)c5c4)cccc32)c1. The lowest BCUT2D eigenvalue weighted by atomic mass is 9.98. The molecule has 2 heterocycles. The van der Waals surface area contributed by atoms with Crippen LogP contribution in [0.15, 0.2) is 164 Å². The molecule has 0 aliphatic carbocycles. The Morgan fingerprint density at radius 2 is 1.07 bits per heavy atom. The molecule has 46 heavy (non-hydrogen) atoms. The van der Waals surface area contributed by atoms with E-state index in [9.17, 15) is 5.26 Å². The predicted octanol–water partition coefficient (Wildman–Crippen LogP) is 11.1. The number of benzene rings is 7. The lowest BCUT2D eigenvalue weighted by Gasteiger charge is -2.15. The zero-order valence-electron chi connectivity index (χ0n) is 24.9. The minimum Gasteiger partial charge on any atom is -0.309 e. The van der Waals surface area contributed by atoms with Crippen LogP contribution >= 0.6 is 0 Å². The van der Waals surface area contributed by atoms with Gasteiger partial charge in [-0.1, -0.05) is 115 Å². The predicted molar refractivity (Wildman–Crippen MR) is 191 cm³/mol. The van der Waals surface area contributed by atoms with Gasteiger partial charge in [-0.2, -0.15) is 5.26 Å². The maximum Gasteiger partial charge on any atom is 0.0992 e. The molecule has 214 valence electrons. The smallest absolute Gasteiger partial charge is 0.0992 e. The van der Waals surface area contributed by atoms with E-state index in [1.165, 1.54) is 38.1 Å². The Hall–Kier alpha value is -6.37. The minimum atomic E-state index is 0.635. The van der Waals surface area contributed by atoms with Gasteiger partial charge in [0.2, 0.25) is 0 Å². The summed E-state index contributed by atoms with van der Waals surface area (Å²) in [5.41, 5.74) is 11.9. The van der Waals surface area contributed by atoms with E-state index in [1.54, 1.807) is 0 Å². The molecule has 0 N–H and O–H groups in total. The van der Waals surface area contributed by atoms with Crippen molar-refractivity contribution in [2.45, 2.75) is 0 Å². The molecular formula is C43H27N3. The standard InChI is InChI=1S/C43H27N3/c44-28-29-22-24-33(30-12-3-1-4-13-30)41(26-29)46-39-20-10-8-17-37(39)43-34(18-11-21-40(43)46)31-23-25-36-35-16-7-9-19-38(35)45(42(36)27-31)32-14-5-2-6-15-32/h1-27H. The molecule has 0 amide bonds. The van der Waals surface area contributed by atoms with Crippen LogP contribution in [0.25, 0.3) is 77.2 Å². The first-order chi connectivity index (χ1) is 22.8. The highest BCUT2D eigenvalue weighted by atomic mass is 15.0. The van der Waals surface area contributed by atoms with E-state index in [4.69, 9.17) is 0 Å². The van der Waals surface area contributed by atoms with Crippen molar-refractivity contribution in [2.24, 2.45) is 0 Å². The second-order valence-corrected chi connectivity index (χ2v) is 11.7. The Morgan fingerprint density at radius 1 is 0.413 bits per heavy atom. The summed E-state index contributed by atoms with van der Waals surface area (Å²) in [5.74, 6) is 0. The van der Waals surface area contributed by atoms with Crippen molar-refractivity contribution in [3.05, 3.63) is 169 Å². The monoisotopic (exact) mass is 585 g/mol. The molecule has 0 unspecified atom stereocenters. The summed E-state index contributed by atoms with van der Waals surface area (Å²) in [5, 5.41) is 14.8. The summed E-state index contributed by atoms with van der Waals surface area (Å²) >= 11 is 0. The number of hydrogen-bond donors (Lipinski definition) is 0. The average Bonchev–Trinajstić information content (AvgIpc) is 3.65. The maximum atomic E-state index is 9.92. The fourth-order valence-electron chi connectivity index (χ4n) is 7.16. The Bertz CT molecular complexity index is 2630. The lowest BCUT2D eigenvalue weighted by Crippen LogP contribution is -1.98. The number of nitrogens with zero attached hydrogens (tertiary/aromatic N) is 3. The minimum absolute atomic E-state index is 0.635. The quantitative estimate of drug-likeness (QED) is 0.202. The van der Waals surface area contributed by atoms with Crippen molar-refractivity contribution in [1.82, 2.24) is 9.13 Å². The summed E-state index contributed by atoms with van der Waals surface area (Å²) in [7, 11) is 0. The van der Waals surface area contributed by atoms with E-state index in [0.717, 1.165) is 39.1 Å². The highest BCUT2D eigenvalue weighted by Gasteiger charge is 2.20. The zero-order valence-corrected chi connectivity index (χ0v) is 24.9. The molecule has 0 saturated carbocycles. The number of para-hydroxylation sites is 3. The van der Waals surface area contributed by atoms with Crippen molar-refractivity contribution >= 4 is 43.6 Å². The summed E-state index contributed by atoms with van der Waals surface area (Å²) < 4.78 is 4.70.